The van der Waals surface area contributed by atoms with Crippen LogP contribution in [-0.4, -0.2) is 41.3 Å². The first-order valence-electron chi connectivity index (χ1n) is 10.5. The monoisotopic (exact) mass is 428 g/mol. The quantitative estimate of drug-likeness (QED) is 0.517. The maximum atomic E-state index is 12.3. The molecule has 0 aromatic heterocycles. The minimum absolute atomic E-state index is 0.00877. The SMILES string of the molecule is CC.CC(C)(C)OC(=O)N1CCN(c2cccc(NCc3ccccc3)c2[N+](=O)[O-])C1. The number of ether oxygens (including phenoxy) is 1. The lowest BCUT2D eigenvalue weighted by Gasteiger charge is -2.25. The molecule has 2 aromatic rings. The average Bonchev–Trinajstić information content (AvgIpc) is 3.23. The Bertz CT molecular complexity index is 881. The zero-order valence-corrected chi connectivity index (χ0v) is 18.9. The molecule has 0 bridgehead atoms. The van der Waals surface area contributed by atoms with Crippen LogP contribution >= 0.6 is 0 Å². The molecule has 1 heterocycles. The lowest BCUT2D eigenvalue weighted by Crippen LogP contribution is -2.36. The molecular formula is C23H32N4O4. The highest BCUT2D eigenvalue weighted by atomic mass is 16.6. The molecule has 0 aliphatic carbocycles. The average molecular weight is 429 g/mol. The fourth-order valence-corrected chi connectivity index (χ4v) is 3.18. The summed E-state index contributed by atoms with van der Waals surface area (Å²) in [6, 6.07) is 14.9. The predicted octanol–water partition coefficient (Wildman–Crippen LogP) is 5.25. The molecule has 0 saturated carbocycles. The molecule has 0 unspecified atom stereocenters. The maximum absolute atomic E-state index is 12.3. The van der Waals surface area contributed by atoms with Crippen molar-refractivity contribution >= 4 is 23.2 Å². The number of para-hydroxylation sites is 1. The van der Waals surface area contributed by atoms with Crippen molar-refractivity contribution in [1.29, 1.82) is 0 Å². The van der Waals surface area contributed by atoms with E-state index in [1.807, 2.05) is 69.9 Å². The standard InChI is InChI=1S/C21H26N4O4.C2H6/c1-21(2,3)29-20(26)24-13-12-23(15-24)18-11-7-10-17(19(18)25(27)28)22-14-16-8-5-4-6-9-16;1-2/h4-11,22H,12-15H2,1-3H3;1-2H3. The first-order valence-corrected chi connectivity index (χ1v) is 10.5. The molecule has 0 spiro atoms. The van der Waals surface area contributed by atoms with Gasteiger partial charge in [-0.2, -0.15) is 0 Å². The van der Waals surface area contributed by atoms with Gasteiger partial charge in [-0.05, 0) is 38.5 Å². The predicted molar refractivity (Wildman–Crippen MR) is 123 cm³/mol. The Morgan fingerprint density at radius 1 is 1.10 bits per heavy atom. The number of nitrogens with one attached hydrogen (secondary N) is 1. The van der Waals surface area contributed by atoms with Gasteiger partial charge in [0.05, 0.1) is 11.6 Å². The summed E-state index contributed by atoms with van der Waals surface area (Å²) in [6.45, 7) is 11.1. The third-order valence-electron chi connectivity index (χ3n) is 4.50. The second-order valence-corrected chi connectivity index (χ2v) is 7.92. The lowest BCUT2D eigenvalue weighted by atomic mass is 10.2. The first-order chi connectivity index (χ1) is 14.7. The van der Waals surface area contributed by atoms with Crippen molar-refractivity contribution in [3.05, 3.63) is 64.2 Å². The Morgan fingerprint density at radius 2 is 1.77 bits per heavy atom. The Kier molecular flexibility index (Phi) is 8.24. The fraction of sp³-hybridized carbons (Fsp3) is 0.435. The first kappa shape index (κ1) is 24.0. The van der Waals surface area contributed by atoms with E-state index in [2.05, 4.69) is 5.32 Å². The number of benzene rings is 2. The smallest absolute Gasteiger partial charge is 0.411 e. The van der Waals surface area contributed by atoms with E-state index in [0.29, 0.717) is 31.0 Å². The van der Waals surface area contributed by atoms with Gasteiger partial charge in [-0.25, -0.2) is 4.79 Å². The summed E-state index contributed by atoms with van der Waals surface area (Å²) in [7, 11) is 0. The van der Waals surface area contributed by atoms with Gasteiger partial charge in [0.15, 0.2) is 0 Å². The molecule has 0 atom stereocenters. The van der Waals surface area contributed by atoms with E-state index in [0.717, 1.165) is 5.56 Å². The van der Waals surface area contributed by atoms with Gasteiger partial charge in [0, 0.05) is 19.6 Å². The maximum Gasteiger partial charge on any atom is 0.411 e. The highest BCUT2D eigenvalue weighted by Crippen LogP contribution is 2.37. The van der Waals surface area contributed by atoms with Crippen molar-refractivity contribution in [2.45, 2.75) is 46.8 Å². The topological polar surface area (TPSA) is 88.0 Å². The third-order valence-corrected chi connectivity index (χ3v) is 4.50. The van der Waals surface area contributed by atoms with Crippen molar-refractivity contribution in [1.82, 2.24) is 4.90 Å². The lowest BCUT2D eigenvalue weighted by molar-refractivity contribution is -0.383. The molecule has 1 N–H and O–H groups in total. The summed E-state index contributed by atoms with van der Waals surface area (Å²) >= 11 is 0. The van der Waals surface area contributed by atoms with Crippen LogP contribution in [0.25, 0.3) is 0 Å². The molecule has 0 radical (unpaired) electrons. The van der Waals surface area contributed by atoms with Gasteiger partial charge in [-0.15, -0.1) is 0 Å². The summed E-state index contributed by atoms with van der Waals surface area (Å²) in [6.07, 6.45) is -0.416. The largest absolute Gasteiger partial charge is 0.444 e. The summed E-state index contributed by atoms with van der Waals surface area (Å²) in [5.74, 6) is 0. The number of rotatable bonds is 5. The van der Waals surface area contributed by atoms with Gasteiger partial charge in [-0.1, -0.05) is 50.2 Å². The Labute approximate surface area is 184 Å². The molecule has 8 heteroatoms. The van der Waals surface area contributed by atoms with Gasteiger partial charge < -0.3 is 15.0 Å². The van der Waals surface area contributed by atoms with Gasteiger partial charge in [0.25, 0.3) is 0 Å². The van der Waals surface area contributed by atoms with E-state index in [1.54, 1.807) is 23.1 Å². The summed E-state index contributed by atoms with van der Waals surface area (Å²) < 4.78 is 5.41. The van der Waals surface area contributed by atoms with E-state index in [4.69, 9.17) is 4.74 Å². The Morgan fingerprint density at radius 3 is 2.39 bits per heavy atom. The highest BCUT2D eigenvalue weighted by Gasteiger charge is 2.32. The second-order valence-electron chi connectivity index (χ2n) is 7.92. The molecule has 168 valence electrons. The van der Waals surface area contributed by atoms with Crippen molar-refractivity contribution in [3.63, 3.8) is 0 Å². The summed E-state index contributed by atoms with van der Waals surface area (Å²) in [5.41, 5.74) is 1.39. The summed E-state index contributed by atoms with van der Waals surface area (Å²) in [4.78, 5) is 27.2. The Hall–Kier alpha value is -3.29. The molecule has 31 heavy (non-hydrogen) atoms. The zero-order chi connectivity index (χ0) is 23.0. The van der Waals surface area contributed by atoms with E-state index in [-0.39, 0.29) is 17.3 Å². The minimum Gasteiger partial charge on any atom is -0.444 e. The van der Waals surface area contributed by atoms with Gasteiger partial charge in [-0.3, -0.25) is 15.0 Å². The van der Waals surface area contributed by atoms with Crippen molar-refractivity contribution < 1.29 is 14.5 Å². The van der Waals surface area contributed by atoms with Crippen LogP contribution in [0.2, 0.25) is 0 Å². The molecule has 1 aliphatic rings. The highest BCUT2D eigenvalue weighted by molar-refractivity contribution is 5.78. The van der Waals surface area contributed by atoms with Gasteiger partial charge in [0.1, 0.15) is 17.0 Å². The molecule has 2 aromatic carbocycles. The zero-order valence-electron chi connectivity index (χ0n) is 18.9. The van der Waals surface area contributed by atoms with Crippen LogP contribution in [0.1, 0.15) is 40.2 Å². The van der Waals surface area contributed by atoms with E-state index < -0.39 is 11.7 Å². The molecule has 1 amide bonds. The fourth-order valence-electron chi connectivity index (χ4n) is 3.18. The second kappa shape index (κ2) is 10.7. The molecule has 1 fully saturated rings. The number of anilines is 2. The third kappa shape index (κ3) is 6.60. The van der Waals surface area contributed by atoms with Crippen LogP contribution in [0.5, 0.6) is 0 Å². The minimum atomic E-state index is -0.586. The van der Waals surface area contributed by atoms with Crippen LogP contribution in [0.3, 0.4) is 0 Å². The summed E-state index contributed by atoms with van der Waals surface area (Å²) in [5, 5.41) is 15.0. The van der Waals surface area contributed by atoms with E-state index >= 15 is 0 Å². The van der Waals surface area contributed by atoms with Crippen LogP contribution in [0, 0.1) is 10.1 Å². The van der Waals surface area contributed by atoms with Crippen LogP contribution in [0.4, 0.5) is 21.9 Å². The Balaban J connectivity index is 0.00000166. The number of carbonyl (C=O) groups excluding carboxylic acids is 1. The molecular weight excluding hydrogens is 396 g/mol. The van der Waals surface area contributed by atoms with Crippen LogP contribution in [-0.2, 0) is 11.3 Å². The normalized spacial score (nSPS) is 13.3. The molecule has 1 aliphatic heterocycles. The van der Waals surface area contributed by atoms with Crippen molar-refractivity contribution in [3.8, 4) is 0 Å². The number of hydrogen-bond donors (Lipinski definition) is 1. The van der Waals surface area contributed by atoms with Gasteiger partial charge in [0.2, 0.25) is 0 Å². The van der Waals surface area contributed by atoms with Crippen LogP contribution < -0.4 is 10.2 Å². The number of nitro benzene ring substituents is 1. The number of carbonyl (C=O) groups is 1. The molecule has 8 nitrogen and oxygen atoms in total. The molecule has 3 rings (SSSR count). The van der Waals surface area contributed by atoms with Crippen molar-refractivity contribution in [2.75, 3.05) is 30.0 Å². The van der Waals surface area contributed by atoms with E-state index in [1.165, 1.54) is 0 Å². The number of amides is 1. The number of nitro groups is 1. The number of hydrogen-bond acceptors (Lipinski definition) is 6. The van der Waals surface area contributed by atoms with Crippen LogP contribution in [0.15, 0.2) is 48.5 Å². The van der Waals surface area contributed by atoms with Crippen molar-refractivity contribution in [2.24, 2.45) is 0 Å². The molecule has 1 saturated heterocycles. The van der Waals surface area contributed by atoms with E-state index in [9.17, 15) is 14.9 Å². The number of nitrogens with zero attached hydrogens (tertiary/aromatic N) is 3. The van der Waals surface area contributed by atoms with Gasteiger partial charge >= 0.3 is 11.8 Å².